The van der Waals surface area contributed by atoms with Crippen molar-refractivity contribution < 1.29 is 38.0 Å². The molecule has 1 saturated heterocycles. The summed E-state index contributed by atoms with van der Waals surface area (Å²) in [6.07, 6.45) is -9.93. The third kappa shape index (κ3) is 3.77. The summed E-state index contributed by atoms with van der Waals surface area (Å²) in [5.41, 5.74) is 4.59. The van der Waals surface area contributed by atoms with Gasteiger partial charge in [0.25, 0.3) is 5.91 Å². The van der Waals surface area contributed by atoms with E-state index in [0.717, 1.165) is 28.9 Å². The second-order valence-corrected chi connectivity index (χ2v) is 6.00. The number of carbonyl (C=O) groups excluding carboxylic acids is 1. The van der Waals surface area contributed by atoms with E-state index in [9.17, 15) is 28.2 Å². The fourth-order valence-electron chi connectivity index (χ4n) is 2.68. The highest BCUT2D eigenvalue weighted by Crippen LogP contribution is 2.32. The minimum Gasteiger partial charge on any atom is -0.394 e. The molecule has 0 saturated carbocycles. The van der Waals surface area contributed by atoms with Gasteiger partial charge in [0.15, 0.2) is 6.23 Å². The number of amides is 1. The highest BCUT2D eigenvalue weighted by atomic mass is 19.4. The van der Waals surface area contributed by atoms with Crippen LogP contribution in [0.25, 0.3) is 0 Å². The topological polar surface area (TPSA) is 156 Å². The molecule has 28 heavy (non-hydrogen) atoms. The quantitative estimate of drug-likeness (QED) is 0.458. The molecule has 1 fully saturated rings. The maximum absolute atomic E-state index is 12.6. The monoisotopic (exact) mass is 403 g/mol. The zero-order valence-electron chi connectivity index (χ0n) is 14.0. The first-order valence-electron chi connectivity index (χ1n) is 7.95. The Morgan fingerprint density at radius 2 is 1.89 bits per heavy atom. The Labute approximate surface area is 155 Å². The number of primary amides is 1. The van der Waals surface area contributed by atoms with Gasteiger partial charge in [-0.2, -0.15) is 18.2 Å². The van der Waals surface area contributed by atoms with Crippen LogP contribution >= 0.6 is 0 Å². The molecule has 1 aliphatic heterocycles. The molecule has 3 rings (SSSR count). The normalized spacial score (nSPS) is 25.1. The summed E-state index contributed by atoms with van der Waals surface area (Å²) in [6, 6.07) is 3.97. The molecule has 6 N–H and O–H groups in total. The summed E-state index contributed by atoms with van der Waals surface area (Å²) < 4.78 is 44.0. The van der Waals surface area contributed by atoms with Gasteiger partial charge in [-0.25, -0.2) is 4.68 Å². The van der Waals surface area contributed by atoms with E-state index in [-0.39, 0.29) is 11.6 Å². The number of ether oxygens (including phenoxy) is 1. The number of hydrogen-bond donors (Lipinski definition) is 5. The molecule has 1 aromatic heterocycles. The van der Waals surface area contributed by atoms with E-state index >= 15 is 0 Å². The number of rotatable bonds is 5. The van der Waals surface area contributed by atoms with E-state index in [1.165, 1.54) is 0 Å². The number of nitrogens with zero attached hydrogens (tertiary/aromatic N) is 3. The molecule has 0 aliphatic carbocycles. The molecule has 1 amide bonds. The van der Waals surface area contributed by atoms with Crippen LogP contribution in [0, 0.1) is 0 Å². The number of hydrogen-bond acceptors (Lipinski definition) is 8. The number of nitrogens with one attached hydrogen (secondary N) is 1. The lowest BCUT2D eigenvalue weighted by molar-refractivity contribution is -0.137. The Morgan fingerprint density at radius 3 is 2.39 bits per heavy atom. The Balaban J connectivity index is 1.86. The zero-order valence-corrected chi connectivity index (χ0v) is 14.0. The molecule has 10 nitrogen and oxygen atoms in total. The van der Waals surface area contributed by atoms with Gasteiger partial charge in [-0.1, -0.05) is 0 Å². The van der Waals surface area contributed by atoms with E-state index in [0.29, 0.717) is 0 Å². The lowest BCUT2D eigenvalue weighted by Crippen LogP contribution is -2.34. The highest BCUT2D eigenvalue weighted by Gasteiger charge is 2.45. The molecule has 2 aromatic rings. The number of aromatic nitrogens is 3. The third-order valence-electron chi connectivity index (χ3n) is 4.08. The van der Waals surface area contributed by atoms with Crippen LogP contribution in [-0.4, -0.2) is 60.9 Å². The molecule has 0 unspecified atom stereocenters. The predicted molar refractivity (Wildman–Crippen MR) is 86.3 cm³/mol. The van der Waals surface area contributed by atoms with Crippen LogP contribution in [0.15, 0.2) is 24.3 Å². The van der Waals surface area contributed by atoms with E-state index in [2.05, 4.69) is 15.4 Å². The van der Waals surface area contributed by atoms with E-state index < -0.39 is 54.6 Å². The fourth-order valence-corrected chi connectivity index (χ4v) is 2.68. The number of alkyl halides is 3. The van der Waals surface area contributed by atoms with Crippen molar-refractivity contribution in [2.75, 3.05) is 11.9 Å². The van der Waals surface area contributed by atoms with Crippen LogP contribution in [0.4, 0.5) is 24.8 Å². The maximum Gasteiger partial charge on any atom is 0.416 e. The minimum atomic E-state index is -4.49. The van der Waals surface area contributed by atoms with Gasteiger partial charge in [0.2, 0.25) is 11.8 Å². The second kappa shape index (κ2) is 7.35. The second-order valence-electron chi connectivity index (χ2n) is 6.00. The number of anilines is 2. The largest absolute Gasteiger partial charge is 0.416 e. The number of nitrogens with two attached hydrogens (primary N) is 1. The van der Waals surface area contributed by atoms with Crippen LogP contribution in [0.1, 0.15) is 22.4 Å². The first kappa shape index (κ1) is 20.0. The van der Waals surface area contributed by atoms with Crippen LogP contribution in [0.5, 0.6) is 0 Å². The van der Waals surface area contributed by atoms with Gasteiger partial charge in [0, 0.05) is 5.69 Å². The van der Waals surface area contributed by atoms with Gasteiger partial charge in [-0.05, 0) is 24.3 Å². The van der Waals surface area contributed by atoms with E-state index in [1.54, 1.807) is 0 Å². The minimum absolute atomic E-state index is 0.197. The lowest BCUT2D eigenvalue weighted by atomic mass is 10.1. The number of aliphatic hydroxyl groups excluding tert-OH is 3. The van der Waals surface area contributed by atoms with Gasteiger partial charge in [-0.3, -0.25) is 4.79 Å². The van der Waals surface area contributed by atoms with Crippen molar-refractivity contribution >= 4 is 17.5 Å². The summed E-state index contributed by atoms with van der Waals surface area (Å²) >= 11 is 0. The van der Waals surface area contributed by atoms with Crippen molar-refractivity contribution in [3.8, 4) is 0 Å². The number of halogens is 3. The average molecular weight is 403 g/mol. The van der Waals surface area contributed by atoms with Crippen molar-refractivity contribution in [1.82, 2.24) is 14.8 Å². The van der Waals surface area contributed by atoms with Gasteiger partial charge >= 0.3 is 6.18 Å². The SMILES string of the molecule is NC(=O)c1nc(Nc2ccc(C(F)(F)F)cc2)nn1[C@@H]1O[C@H](CO)[C@@H](O)[C@H]1O. The van der Waals surface area contributed by atoms with E-state index in [1.807, 2.05) is 0 Å². The van der Waals surface area contributed by atoms with Gasteiger partial charge in [0.05, 0.1) is 12.2 Å². The van der Waals surface area contributed by atoms with Crippen LogP contribution in [0.3, 0.4) is 0 Å². The molecule has 1 aromatic carbocycles. The molecule has 1 aliphatic rings. The molecule has 4 atom stereocenters. The Hall–Kier alpha value is -2.74. The van der Waals surface area contributed by atoms with Crippen molar-refractivity contribution in [3.05, 3.63) is 35.7 Å². The fraction of sp³-hybridized carbons (Fsp3) is 0.400. The number of carbonyl (C=O) groups is 1. The highest BCUT2D eigenvalue weighted by molar-refractivity contribution is 5.89. The molecule has 0 spiro atoms. The maximum atomic E-state index is 12.6. The predicted octanol–water partition coefficient (Wildman–Crippen LogP) is -0.249. The summed E-state index contributed by atoms with van der Waals surface area (Å²) in [5.74, 6) is -1.65. The molecule has 0 bridgehead atoms. The lowest BCUT2D eigenvalue weighted by Gasteiger charge is -2.15. The summed E-state index contributed by atoms with van der Waals surface area (Å²) in [7, 11) is 0. The molecular formula is C15H16F3N5O5. The smallest absolute Gasteiger partial charge is 0.394 e. The molecule has 2 heterocycles. The standard InChI is InChI=1S/C15H16F3N5O5/c16-15(17,18)6-1-3-7(4-2-6)20-14-21-12(11(19)27)23(22-14)13-10(26)9(25)8(5-24)28-13/h1-4,8-10,13,24-26H,5H2,(H2,19,27)(H,20,22)/t8-,9-,10-,13-/m1/s1. The molecule has 0 radical (unpaired) electrons. The first-order chi connectivity index (χ1) is 13.1. The Kier molecular flexibility index (Phi) is 5.25. The Morgan fingerprint density at radius 1 is 1.25 bits per heavy atom. The van der Waals surface area contributed by atoms with Crippen LogP contribution < -0.4 is 11.1 Å². The molecule has 152 valence electrons. The average Bonchev–Trinajstić information content (AvgIpc) is 3.16. The summed E-state index contributed by atoms with van der Waals surface area (Å²) in [4.78, 5) is 15.5. The van der Waals surface area contributed by atoms with Crippen molar-refractivity contribution in [3.63, 3.8) is 0 Å². The van der Waals surface area contributed by atoms with Crippen LogP contribution in [-0.2, 0) is 10.9 Å². The summed E-state index contributed by atoms with van der Waals surface area (Å²) in [6.45, 7) is -0.591. The van der Waals surface area contributed by atoms with Crippen LogP contribution in [0.2, 0.25) is 0 Å². The van der Waals surface area contributed by atoms with Crippen molar-refractivity contribution in [2.24, 2.45) is 5.73 Å². The Bertz CT molecular complexity index is 857. The first-order valence-corrected chi connectivity index (χ1v) is 7.95. The third-order valence-corrected chi connectivity index (χ3v) is 4.08. The molecular weight excluding hydrogens is 387 g/mol. The number of aliphatic hydroxyl groups is 3. The van der Waals surface area contributed by atoms with Crippen molar-refractivity contribution in [2.45, 2.75) is 30.7 Å². The van der Waals surface area contributed by atoms with Crippen molar-refractivity contribution in [1.29, 1.82) is 0 Å². The summed E-state index contributed by atoms with van der Waals surface area (Å²) in [5, 5.41) is 35.6. The number of benzene rings is 1. The zero-order chi connectivity index (χ0) is 20.6. The van der Waals surface area contributed by atoms with Gasteiger partial charge < -0.3 is 31.1 Å². The van der Waals surface area contributed by atoms with E-state index in [4.69, 9.17) is 15.6 Å². The van der Waals surface area contributed by atoms with Gasteiger partial charge in [-0.15, -0.1) is 5.10 Å². The molecule has 13 heteroatoms. The van der Waals surface area contributed by atoms with Gasteiger partial charge in [0.1, 0.15) is 18.3 Å².